The van der Waals surface area contributed by atoms with Crippen LogP contribution in [-0.4, -0.2) is 49.3 Å². The zero-order valence-electron chi connectivity index (χ0n) is 43.0. The van der Waals surface area contributed by atoms with Gasteiger partial charge < -0.3 is 20.1 Å². The van der Waals surface area contributed by atoms with Crippen molar-refractivity contribution in [2.45, 2.75) is 219 Å². The molecule has 0 saturated heterocycles. The number of rotatable bonds is 49. The highest BCUT2D eigenvalue weighted by atomic mass is 31.2. The van der Waals surface area contributed by atoms with Gasteiger partial charge in [0.1, 0.15) is 6.61 Å². The number of carbonyl (C=O) groups is 2. The van der Waals surface area contributed by atoms with E-state index in [1.165, 1.54) is 57.8 Å². The van der Waals surface area contributed by atoms with Gasteiger partial charge in [0.25, 0.3) is 0 Å². The molecule has 0 aliphatic carbocycles. The van der Waals surface area contributed by atoms with Crippen molar-refractivity contribution in [3.8, 4) is 0 Å². The molecule has 0 aromatic carbocycles. The van der Waals surface area contributed by atoms with E-state index in [0.29, 0.717) is 6.42 Å². The third-order valence-electron chi connectivity index (χ3n) is 10.9. The number of esters is 2. The van der Waals surface area contributed by atoms with Crippen LogP contribution in [0.15, 0.2) is 109 Å². The lowest BCUT2D eigenvalue weighted by molar-refractivity contribution is -0.161. The molecule has 0 aliphatic rings. The molecule has 0 saturated carbocycles. The summed E-state index contributed by atoms with van der Waals surface area (Å²) < 4.78 is 32.9. The molecular formula is C58H98NO8P. The molecule has 0 aromatic rings. The van der Waals surface area contributed by atoms with Crippen molar-refractivity contribution in [3.05, 3.63) is 109 Å². The fourth-order valence-corrected chi connectivity index (χ4v) is 7.70. The van der Waals surface area contributed by atoms with E-state index in [0.717, 1.165) is 122 Å². The van der Waals surface area contributed by atoms with Crippen molar-refractivity contribution < 1.29 is 37.6 Å². The van der Waals surface area contributed by atoms with Crippen molar-refractivity contribution in [3.63, 3.8) is 0 Å². The lowest BCUT2D eigenvalue weighted by Crippen LogP contribution is -2.29. The molecule has 0 rings (SSSR count). The molecule has 388 valence electrons. The lowest BCUT2D eigenvalue weighted by Gasteiger charge is -2.19. The molecule has 10 heteroatoms. The summed E-state index contributed by atoms with van der Waals surface area (Å²) in [5.41, 5.74) is 5.36. The van der Waals surface area contributed by atoms with Gasteiger partial charge in [0.05, 0.1) is 13.2 Å². The van der Waals surface area contributed by atoms with Crippen molar-refractivity contribution in [1.29, 1.82) is 0 Å². The second-order valence-corrected chi connectivity index (χ2v) is 18.8. The molecular weight excluding hydrogens is 870 g/mol. The largest absolute Gasteiger partial charge is 0.472 e. The number of ether oxygens (including phenoxy) is 2. The highest BCUT2D eigenvalue weighted by Gasteiger charge is 2.26. The van der Waals surface area contributed by atoms with E-state index in [4.69, 9.17) is 24.3 Å². The van der Waals surface area contributed by atoms with Crippen LogP contribution in [0.25, 0.3) is 0 Å². The lowest BCUT2D eigenvalue weighted by atomic mass is 10.0. The predicted molar refractivity (Wildman–Crippen MR) is 288 cm³/mol. The van der Waals surface area contributed by atoms with Gasteiger partial charge in [-0.05, 0) is 103 Å². The second kappa shape index (κ2) is 53.0. The van der Waals surface area contributed by atoms with E-state index in [9.17, 15) is 19.0 Å². The minimum atomic E-state index is -4.39. The summed E-state index contributed by atoms with van der Waals surface area (Å²) in [6.45, 7) is 3.57. The van der Waals surface area contributed by atoms with Crippen LogP contribution in [0, 0.1) is 0 Å². The van der Waals surface area contributed by atoms with Crippen LogP contribution in [0.5, 0.6) is 0 Å². The molecule has 3 N–H and O–H groups in total. The summed E-state index contributed by atoms with van der Waals surface area (Å²) in [6, 6.07) is 0. The van der Waals surface area contributed by atoms with Gasteiger partial charge in [0.15, 0.2) is 6.10 Å². The van der Waals surface area contributed by atoms with Crippen LogP contribution >= 0.6 is 7.82 Å². The molecule has 0 bridgehead atoms. The predicted octanol–water partition coefficient (Wildman–Crippen LogP) is 16.7. The molecule has 0 aliphatic heterocycles. The summed E-state index contributed by atoms with van der Waals surface area (Å²) in [4.78, 5) is 35.0. The smallest absolute Gasteiger partial charge is 0.462 e. The molecule has 0 radical (unpaired) electrons. The number of phosphoric ester groups is 1. The van der Waals surface area contributed by atoms with Crippen molar-refractivity contribution in [1.82, 2.24) is 0 Å². The van der Waals surface area contributed by atoms with Crippen LogP contribution < -0.4 is 5.73 Å². The average Bonchev–Trinajstić information content (AvgIpc) is 3.33. The Labute approximate surface area is 416 Å². The molecule has 9 nitrogen and oxygen atoms in total. The van der Waals surface area contributed by atoms with Crippen LogP contribution in [-0.2, 0) is 32.7 Å². The quantitative estimate of drug-likeness (QED) is 0.0264. The monoisotopic (exact) mass is 968 g/mol. The summed E-state index contributed by atoms with van der Waals surface area (Å²) in [5.74, 6) is -0.850. The normalized spacial score (nSPS) is 14.0. The molecule has 0 fully saturated rings. The highest BCUT2D eigenvalue weighted by molar-refractivity contribution is 7.47. The number of hydrogen-bond acceptors (Lipinski definition) is 8. The third kappa shape index (κ3) is 52.0. The first-order chi connectivity index (χ1) is 33.3. The van der Waals surface area contributed by atoms with E-state index in [-0.39, 0.29) is 32.6 Å². The van der Waals surface area contributed by atoms with Crippen molar-refractivity contribution in [2.75, 3.05) is 26.4 Å². The van der Waals surface area contributed by atoms with Gasteiger partial charge in [0, 0.05) is 19.4 Å². The minimum Gasteiger partial charge on any atom is -0.462 e. The van der Waals surface area contributed by atoms with Crippen LogP contribution in [0.3, 0.4) is 0 Å². The summed E-state index contributed by atoms with van der Waals surface area (Å²) in [5, 5.41) is 0. The topological polar surface area (TPSA) is 134 Å². The Balaban J connectivity index is 3.98. The first-order valence-corrected chi connectivity index (χ1v) is 28.4. The van der Waals surface area contributed by atoms with E-state index in [1.54, 1.807) is 0 Å². The number of phosphoric acid groups is 1. The zero-order valence-corrected chi connectivity index (χ0v) is 43.9. The number of hydrogen-bond donors (Lipinski definition) is 2. The Morgan fingerprint density at radius 3 is 1.22 bits per heavy atom. The third-order valence-corrected chi connectivity index (χ3v) is 11.9. The summed E-state index contributed by atoms with van der Waals surface area (Å²) >= 11 is 0. The van der Waals surface area contributed by atoms with Gasteiger partial charge in [-0.1, -0.05) is 207 Å². The Hall–Kier alpha value is -3.33. The van der Waals surface area contributed by atoms with E-state index >= 15 is 0 Å². The van der Waals surface area contributed by atoms with Crippen LogP contribution in [0.2, 0.25) is 0 Å². The number of carbonyl (C=O) groups excluding carboxylic acids is 2. The first kappa shape index (κ1) is 64.7. The molecule has 0 spiro atoms. The Kier molecular flexibility index (Phi) is 50.4. The Morgan fingerprint density at radius 1 is 0.456 bits per heavy atom. The van der Waals surface area contributed by atoms with Gasteiger partial charge in [0.2, 0.25) is 0 Å². The molecule has 2 atom stereocenters. The van der Waals surface area contributed by atoms with E-state index in [2.05, 4.69) is 123 Å². The Bertz CT molecular complexity index is 1480. The van der Waals surface area contributed by atoms with Gasteiger partial charge in [-0.15, -0.1) is 0 Å². The van der Waals surface area contributed by atoms with Crippen LogP contribution in [0.4, 0.5) is 0 Å². The first-order valence-electron chi connectivity index (χ1n) is 26.9. The average molecular weight is 968 g/mol. The van der Waals surface area contributed by atoms with Gasteiger partial charge in [-0.3, -0.25) is 18.6 Å². The fourth-order valence-electron chi connectivity index (χ4n) is 6.94. The van der Waals surface area contributed by atoms with Gasteiger partial charge >= 0.3 is 19.8 Å². The maximum absolute atomic E-state index is 12.7. The molecule has 0 heterocycles. The minimum absolute atomic E-state index is 0.0470. The van der Waals surface area contributed by atoms with Crippen LogP contribution in [0.1, 0.15) is 213 Å². The highest BCUT2D eigenvalue weighted by Crippen LogP contribution is 2.43. The maximum atomic E-state index is 12.7. The van der Waals surface area contributed by atoms with Crippen molar-refractivity contribution in [2.24, 2.45) is 5.73 Å². The fraction of sp³-hybridized carbons (Fsp3) is 0.655. The van der Waals surface area contributed by atoms with E-state index < -0.39 is 32.5 Å². The van der Waals surface area contributed by atoms with Gasteiger partial charge in [-0.2, -0.15) is 0 Å². The van der Waals surface area contributed by atoms with Crippen molar-refractivity contribution >= 4 is 19.8 Å². The zero-order chi connectivity index (χ0) is 49.5. The maximum Gasteiger partial charge on any atom is 0.472 e. The second-order valence-electron chi connectivity index (χ2n) is 17.4. The number of unbranched alkanes of at least 4 members (excludes halogenated alkanes) is 18. The standard InChI is InChI=1S/C58H98NO8P/c1-3-5-7-9-11-13-15-17-18-19-20-21-22-23-24-25-26-27-28-29-30-31-32-33-34-35-36-37-38-39-41-43-45-47-49-51-58(61)67-56(55-66-68(62,63)65-53-52-59)54-64-57(60)50-48-46-44-42-40-16-14-12-10-8-6-4-2/h5,7,11-14,17-18,20-21,23-24,26-27,29-30,32-33,56H,3-4,6,8-10,15-16,19,22,25,28,31,34-55,59H2,1-2H3,(H,62,63)/b7-5-,13-11-,14-12-,18-17-,21-20-,24-23-,27-26-,30-29-,33-32-. The Morgan fingerprint density at radius 2 is 0.809 bits per heavy atom. The van der Waals surface area contributed by atoms with E-state index in [1.807, 2.05) is 0 Å². The molecule has 68 heavy (non-hydrogen) atoms. The van der Waals surface area contributed by atoms with Gasteiger partial charge in [-0.25, -0.2) is 4.57 Å². The number of nitrogens with two attached hydrogens (primary N) is 1. The summed E-state index contributed by atoms with van der Waals surface area (Å²) in [6.07, 6.45) is 71.4. The molecule has 2 unspecified atom stereocenters. The summed E-state index contributed by atoms with van der Waals surface area (Å²) in [7, 11) is -4.39. The molecule has 0 aromatic heterocycles. The number of allylic oxidation sites excluding steroid dienone is 18. The molecule has 0 amide bonds. The SMILES string of the molecule is CC/C=C\C/C=C\C/C=C\C/C=C\C/C=C\C/C=C\C/C=C\C/C=C\CCCCCCCCCCCCC(=O)OC(COC(=O)CCCCCCC/C=C\CCCCC)COP(=O)(O)OCCN.